The second-order valence-corrected chi connectivity index (χ2v) is 5.97. The Hall–Kier alpha value is -3.61. The standard InChI is InChI=1S/C21H22N4O3/c1-3-24(4-2)21(27)18-15-22-25(16-9-6-5-7-10-16)20(18)23-19(26)13-12-17-11-8-14-28-17/h5-15H,3-4H2,1-2H3,(H,23,26)/b13-12+. The maximum absolute atomic E-state index is 12.9. The van der Waals surface area contributed by atoms with E-state index in [1.807, 2.05) is 44.2 Å². The van der Waals surface area contributed by atoms with Gasteiger partial charge in [0.05, 0.1) is 18.1 Å². The number of carbonyl (C=O) groups is 2. The summed E-state index contributed by atoms with van der Waals surface area (Å²) < 4.78 is 6.74. The quantitative estimate of drug-likeness (QED) is 0.637. The van der Waals surface area contributed by atoms with Crippen LogP contribution >= 0.6 is 0 Å². The van der Waals surface area contributed by atoms with Crippen LogP contribution < -0.4 is 5.32 Å². The summed E-state index contributed by atoms with van der Waals surface area (Å²) in [5.41, 5.74) is 1.08. The first-order chi connectivity index (χ1) is 13.6. The highest BCUT2D eigenvalue weighted by Gasteiger charge is 2.23. The van der Waals surface area contributed by atoms with Crippen LogP contribution in [-0.2, 0) is 4.79 Å². The van der Waals surface area contributed by atoms with Crippen molar-refractivity contribution in [3.63, 3.8) is 0 Å². The van der Waals surface area contributed by atoms with Crippen molar-refractivity contribution in [1.82, 2.24) is 14.7 Å². The molecule has 2 amide bonds. The van der Waals surface area contributed by atoms with Crippen molar-refractivity contribution in [1.29, 1.82) is 0 Å². The number of aromatic nitrogens is 2. The van der Waals surface area contributed by atoms with E-state index in [1.165, 1.54) is 18.5 Å². The molecule has 0 radical (unpaired) electrons. The number of carbonyl (C=O) groups excluding carboxylic acids is 2. The lowest BCUT2D eigenvalue weighted by Gasteiger charge is -2.19. The minimum Gasteiger partial charge on any atom is -0.465 e. The summed E-state index contributed by atoms with van der Waals surface area (Å²) in [4.78, 5) is 27.0. The Morgan fingerprint density at radius 2 is 1.89 bits per heavy atom. The fourth-order valence-corrected chi connectivity index (χ4v) is 2.77. The molecule has 0 aliphatic heterocycles. The Morgan fingerprint density at radius 3 is 2.54 bits per heavy atom. The van der Waals surface area contributed by atoms with E-state index in [0.717, 1.165) is 5.69 Å². The third-order valence-electron chi connectivity index (χ3n) is 4.23. The van der Waals surface area contributed by atoms with Crippen molar-refractivity contribution in [3.8, 4) is 5.69 Å². The number of nitrogens with zero attached hydrogens (tertiary/aromatic N) is 3. The van der Waals surface area contributed by atoms with E-state index in [9.17, 15) is 9.59 Å². The molecule has 3 rings (SSSR count). The largest absolute Gasteiger partial charge is 0.465 e. The minimum atomic E-state index is -0.386. The minimum absolute atomic E-state index is 0.183. The van der Waals surface area contributed by atoms with E-state index in [2.05, 4.69) is 10.4 Å². The summed E-state index contributed by atoms with van der Waals surface area (Å²) in [7, 11) is 0. The van der Waals surface area contributed by atoms with Crippen LogP contribution in [0.1, 0.15) is 30.0 Å². The van der Waals surface area contributed by atoms with E-state index in [1.54, 1.807) is 27.8 Å². The van der Waals surface area contributed by atoms with Crippen molar-refractivity contribution in [2.24, 2.45) is 0 Å². The number of amides is 2. The SMILES string of the molecule is CCN(CC)C(=O)c1cnn(-c2ccccc2)c1NC(=O)/C=C/c1ccco1. The molecule has 0 atom stereocenters. The summed E-state index contributed by atoms with van der Waals surface area (Å²) in [6.45, 7) is 4.95. The lowest BCUT2D eigenvalue weighted by atomic mass is 10.2. The average Bonchev–Trinajstić information content (AvgIpc) is 3.38. The van der Waals surface area contributed by atoms with Crippen LogP contribution in [0.5, 0.6) is 0 Å². The predicted molar refractivity (Wildman–Crippen MR) is 107 cm³/mol. The van der Waals surface area contributed by atoms with E-state index >= 15 is 0 Å². The van der Waals surface area contributed by atoms with Gasteiger partial charge >= 0.3 is 0 Å². The number of nitrogens with one attached hydrogen (secondary N) is 1. The number of hydrogen-bond donors (Lipinski definition) is 1. The molecule has 7 nitrogen and oxygen atoms in total. The zero-order valence-electron chi connectivity index (χ0n) is 15.8. The maximum atomic E-state index is 12.9. The summed E-state index contributed by atoms with van der Waals surface area (Å²) in [6, 6.07) is 12.8. The van der Waals surface area contributed by atoms with Crippen LogP contribution in [0.3, 0.4) is 0 Å². The highest BCUT2D eigenvalue weighted by atomic mass is 16.3. The molecule has 0 spiro atoms. The van der Waals surface area contributed by atoms with Gasteiger partial charge in [0.2, 0.25) is 5.91 Å². The molecule has 144 valence electrons. The Kier molecular flexibility index (Phi) is 6.06. The molecule has 2 aromatic heterocycles. The Labute approximate surface area is 163 Å². The summed E-state index contributed by atoms with van der Waals surface area (Å²) in [5.74, 6) is 0.323. The maximum Gasteiger partial charge on any atom is 0.259 e. The highest BCUT2D eigenvalue weighted by molar-refractivity contribution is 6.07. The third-order valence-corrected chi connectivity index (χ3v) is 4.23. The number of furan rings is 1. The lowest BCUT2D eigenvalue weighted by molar-refractivity contribution is -0.111. The molecule has 0 saturated heterocycles. The molecule has 0 unspecified atom stereocenters. The molecule has 0 aliphatic rings. The fourth-order valence-electron chi connectivity index (χ4n) is 2.77. The van der Waals surface area contributed by atoms with Gasteiger partial charge in [0.25, 0.3) is 5.91 Å². The van der Waals surface area contributed by atoms with Gasteiger partial charge < -0.3 is 14.6 Å². The first kappa shape index (κ1) is 19.2. The third kappa shape index (κ3) is 4.20. The normalized spacial score (nSPS) is 10.9. The van der Waals surface area contributed by atoms with Gasteiger partial charge in [-0.2, -0.15) is 5.10 Å². The first-order valence-corrected chi connectivity index (χ1v) is 9.09. The van der Waals surface area contributed by atoms with Crippen LogP contribution in [-0.4, -0.2) is 39.6 Å². The van der Waals surface area contributed by atoms with Crippen molar-refractivity contribution < 1.29 is 14.0 Å². The molecular weight excluding hydrogens is 356 g/mol. The molecule has 0 bridgehead atoms. The number of para-hydroxylation sites is 1. The Morgan fingerprint density at radius 1 is 1.14 bits per heavy atom. The van der Waals surface area contributed by atoms with E-state index in [4.69, 9.17) is 4.42 Å². The van der Waals surface area contributed by atoms with Gasteiger partial charge in [-0.15, -0.1) is 0 Å². The Bertz CT molecular complexity index is 955. The van der Waals surface area contributed by atoms with Crippen molar-refractivity contribution in [2.45, 2.75) is 13.8 Å². The average molecular weight is 378 g/mol. The van der Waals surface area contributed by atoms with Gasteiger partial charge in [-0.3, -0.25) is 9.59 Å². The zero-order chi connectivity index (χ0) is 19.9. The lowest BCUT2D eigenvalue weighted by Crippen LogP contribution is -2.31. The topological polar surface area (TPSA) is 80.4 Å². The van der Waals surface area contributed by atoms with Gasteiger partial charge in [-0.25, -0.2) is 4.68 Å². The number of benzene rings is 1. The second-order valence-electron chi connectivity index (χ2n) is 5.97. The summed E-state index contributed by atoms with van der Waals surface area (Å²) in [6.07, 6.45) is 5.93. The summed E-state index contributed by atoms with van der Waals surface area (Å²) in [5, 5.41) is 7.12. The molecule has 2 heterocycles. The smallest absolute Gasteiger partial charge is 0.259 e. The van der Waals surface area contributed by atoms with Crippen LogP contribution in [0, 0.1) is 0 Å². The molecule has 0 saturated carbocycles. The van der Waals surface area contributed by atoms with Gasteiger partial charge in [0.1, 0.15) is 17.1 Å². The highest BCUT2D eigenvalue weighted by Crippen LogP contribution is 2.22. The van der Waals surface area contributed by atoms with E-state index < -0.39 is 0 Å². The molecule has 0 fully saturated rings. The van der Waals surface area contributed by atoms with Gasteiger partial charge in [0.15, 0.2) is 0 Å². The van der Waals surface area contributed by atoms with Crippen molar-refractivity contribution >= 4 is 23.7 Å². The predicted octanol–water partition coefficient (Wildman–Crippen LogP) is 3.60. The first-order valence-electron chi connectivity index (χ1n) is 9.09. The molecule has 1 N–H and O–H groups in total. The van der Waals surface area contributed by atoms with Crippen LogP contribution in [0.4, 0.5) is 5.82 Å². The zero-order valence-corrected chi connectivity index (χ0v) is 15.8. The monoisotopic (exact) mass is 378 g/mol. The number of anilines is 1. The fraction of sp³-hybridized carbons (Fsp3) is 0.190. The molecule has 0 aliphatic carbocycles. The van der Waals surface area contributed by atoms with Gasteiger partial charge in [-0.1, -0.05) is 18.2 Å². The Balaban J connectivity index is 1.94. The number of hydrogen-bond acceptors (Lipinski definition) is 4. The van der Waals surface area contributed by atoms with Gasteiger partial charge in [-0.05, 0) is 44.2 Å². The summed E-state index contributed by atoms with van der Waals surface area (Å²) >= 11 is 0. The van der Waals surface area contributed by atoms with Crippen molar-refractivity contribution in [3.05, 3.63) is 72.3 Å². The molecule has 3 aromatic rings. The molecule has 28 heavy (non-hydrogen) atoms. The van der Waals surface area contributed by atoms with Crippen LogP contribution in [0.25, 0.3) is 11.8 Å². The molecule has 1 aromatic carbocycles. The van der Waals surface area contributed by atoms with E-state index in [-0.39, 0.29) is 11.8 Å². The number of rotatable bonds is 7. The molecular formula is C21H22N4O3. The van der Waals surface area contributed by atoms with Crippen LogP contribution in [0.15, 0.2) is 65.4 Å². The van der Waals surface area contributed by atoms with Crippen LogP contribution in [0.2, 0.25) is 0 Å². The van der Waals surface area contributed by atoms with E-state index in [0.29, 0.717) is 30.2 Å². The molecule has 7 heteroatoms. The second kappa shape index (κ2) is 8.85. The van der Waals surface area contributed by atoms with Gasteiger partial charge in [0, 0.05) is 19.2 Å². The van der Waals surface area contributed by atoms with Crippen molar-refractivity contribution in [2.75, 3.05) is 18.4 Å².